The van der Waals surface area contributed by atoms with Crippen LogP contribution in [0.15, 0.2) is 36.7 Å². The summed E-state index contributed by atoms with van der Waals surface area (Å²) in [5.74, 6) is -0.0811. The Bertz CT molecular complexity index is 663. The summed E-state index contributed by atoms with van der Waals surface area (Å²) in [5.41, 5.74) is 5.18. The Morgan fingerprint density at radius 3 is 2.54 bits per heavy atom. The lowest BCUT2D eigenvalue weighted by Crippen LogP contribution is -2.35. The molecule has 0 aliphatic carbocycles. The number of carbonyl (C=O) groups excluding carboxylic acids is 1. The van der Waals surface area contributed by atoms with Crippen LogP contribution in [0.1, 0.15) is 22.3 Å². The molecule has 1 amide bonds. The average molecular weight is 327 g/mol. The van der Waals surface area contributed by atoms with E-state index in [0.717, 1.165) is 22.4 Å². The molecule has 1 aromatic heterocycles. The zero-order chi connectivity index (χ0) is 17.5. The molecule has 2 aromatic rings. The number of aromatic nitrogens is 1. The van der Waals surface area contributed by atoms with E-state index in [2.05, 4.69) is 22.4 Å². The number of hydrogen-bond donors (Lipinski definition) is 2. The highest BCUT2D eigenvalue weighted by Crippen LogP contribution is 2.21. The third-order valence-corrected chi connectivity index (χ3v) is 3.85. The van der Waals surface area contributed by atoms with E-state index >= 15 is 0 Å². The summed E-state index contributed by atoms with van der Waals surface area (Å²) in [5, 5.41) is 12.2. The summed E-state index contributed by atoms with van der Waals surface area (Å²) < 4.78 is 0. The fourth-order valence-corrected chi connectivity index (χ4v) is 2.86. The molecule has 1 aromatic carbocycles. The molecule has 1 heterocycles. The second-order valence-corrected chi connectivity index (χ2v) is 6.12. The highest BCUT2D eigenvalue weighted by atomic mass is 16.3. The van der Waals surface area contributed by atoms with Crippen molar-refractivity contribution in [2.75, 3.05) is 25.0 Å². The third-order valence-electron chi connectivity index (χ3n) is 3.85. The molecule has 0 spiro atoms. The van der Waals surface area contributed by atoms with Crippen LogP contribution >= 0.6 is 0 Å². The molecular weight excluding hydrogens is 302 g/mol. The van der Waals surface area contributed by atoms with Gasteiger partial charge in [-0.2, -0.15) is 0 Å². The second-order valence-electron chi connectivity index (χ2n) is 6.12. The van der Waals surface area contributed by atoms with Crippen molar-refractivity contribution in [1.82, 2.24) is 9.88 Å². The van der Waals surface area contributed by atoms with Crippen molar-refractivity contribution in [3.63, 3.8) is 0 Å². The smallest absolute Gasteiger partial charge is 0.238 e. The molecule has 5 nitrogen and oxygen atoms in total. The number of pyridine rings is 1. The molecule has 0 fully saturated rings. The van der Waals surface area contributed by atoms with E-state index in [1.165, 1.54) is 5.56 Å². The maximum Gasteiger partial charge on any atom is 0.238 e. The minimum atomic E-state index is -0.0811. The number of benzene rings is 1. The quantitative estimate of drug-likeness (QED) is 0.820. The van der Waals surface area contributed by atoms with Crippen LogP contribution in [0.3, 0.4) is 0 Å². The van der Waals surface area contributed by atoms with Gasteiger partial charge in [0.25, 0.3) is 0 Å². The molecule has 0 radical (unpaired) electrons. The lowest BCUT2D eigenvalue weighted by molar-refractivity contribution is -0.117. The number of aliphatic hydroxyl groups is 1. The zero-order valence-electron chi connectivity index (χ0n) is 14.5. The molecule has 128 valence electrons. The predicted molar refractivity (Wildman–Crippen MR) is 95.9 cm³/mol. The fourth-order valence-electron chi connectivity index (χ4n) is 2.86. The Labute approximate surface area is 143 Å². The summed E-state index contributed by atoms with van der Waals surface area (Å²) in [4.78, 5) is 18.4. The monoisotopic (exact) mass is 327 g/mol. The number of aryl methyl sites for hydroxylation is 3. The van der Waals surface area contributed by atoms with Crippen molar-refractivity contribution in [1.29, 1.82) is 0 Å². The SMILES string of the molecule is Cc1cc(C)c(NC(=O)CN(CCO)Cc2cccnc2)c(C)c1. The lowest BCUT2D eigenvalue weighted by atomic mass is 10.1. The standard InChI is InChI=1S/C19H25N3O2/c1-14-9-15(2)19(16(3)10-14)21-18(24)13-22(7-8-23)12-17-5-4-6-20-11-17/h4-6,9-11,23H,7-8,12-13H2,1-3H3,(H,21,24). The van der Waals surface area contributed by atoms with Crippen LogP contribution in [0.5, 0.6) is 0 Å². The Balaban J connectivity index is 2.03. The summed E-state index contributed by atoms with van der Waals surface area (Å²) >= 11 is 0. The summed E-state index contributed by atoms with van der Waals surface area (Å²) in [6, 6.07) is 7.95. The van der Waals surface area contributed by atoms with E-state index < -0.39 is 0 Å². The van der Waals surface area contributed by atoms with Gasteiger partial charge in [-0.1, -0.05) is 23.8 Å². The van der Waals surface area contributed by atoms with Crippen LogP contribution in [-0.4, -0.2) is 40.6 Å². The molecule has 0 bridgehead atoms. The molecule has 0 saturated carbocycles. The van der Waals surface area contributed by atoms with Gasteiger partial charge in [-0.3, -0.25) is 14.7 Å². The largest absolute Gasteiger partial charge is 0.395 e. The molecule has 0 saturated heterocycles. The van der Waals surface area contributed by atoms with Crippen molar-refractivity contribution >= 4 is 11.6 Å². The van der Waals surface area contributed by atoms with Gasteiger partial charge in [-0.15, -0.1) is 0 Å². The number of aliphatic hydroxyl groups excluding tert-OH is 1. The van der Waals surface area contributed by atoms with Crippen LogP contribution in [0.4, 0.5) is 5.69 Å². The van der Waals surface area contributed by atoms with Crippen molar-refractivity contribution < 1.29 is 9.90 Å². The Morgan fingerprint density at radius 2 is 1.96 bits per heavy atom. The number of nitrogens with one attached hydrogen (secondary N) is 1. The molecule has 0 aliphatic heterocycles. The number of rotatable bonds is 7. The maximum absolute atomic E-state index is 12.4. The molecule has 0 aliphatic rings. The van der Waals surface area contributed by atoms with Gasteiger partial charge >= 0.3 is 0 Å². The van der Waals surface area contributed by atoms with E-state index in [9.17, 15) is 9.90 Å². The van der Waals surface area contributed by atoms with Crippen molar-refractivity contribution in [3.8, 4) is 0 Å². The number of nitrogens with zero attached hydrogens (tertiary/aromatic N) is 2. The van der Waals surface area contributed by atoms with Crippen molar-refractivity contribution in [2.24, 2.45) is 0 Å². The number of anilines is 1. The highest BCUT2D eigenvalue weighted by molar-refractivity contribution is 5.93. The fraction of sp³-hybridized carbons (Fsp3) is 0.368. The number of carbonyl (C=O) groups is 1. The van der Waals surface area contributed by atoms with Crippen LogP contribution in [-0.2, 0) is 11.3 Å². The number of hydrogen-bond acceptors (Lipinski definition) is 4. The minimum Gasteiger partial charge on any atom is -0.395 e. The van der Waals surface area contributed by atoms with Crippen molar-refractivity contribution in [3.05, 3.63) is 58.9 Å². The van der Waals surface area contributed by atoms with Crippen LogP contribution < -0.4 is 5.32 Å². The van der Waals surface area contributed by atoms with Gasteiger partial charge in [-0.05, 0) is 43.5 Å². The Kier molecular flexibility index (Phi) is 6.46. The molecule has 0 unspecified atom stereocenters. The molecule has 24 heavy (non-hydrogen) atoms. The van der Waals surface area contributed by atoms with Gasteiger partial charge in [0.05, 0.1) is 13.2 Å². The third kappa shape index (κ3) is 5.15. The van der Waals surface area contributed by atoms with E-state index in [0.29, 0.717) is 13.1 Å². The van der Waals surface area contributed by atoms with Crippen LogP contribution in [0.25, 0.3) is 0 Å². The van der Waals surface area contributed by atoms with E-state index in [1.807, 2.05) is 37.8 Å². The van der Waals surface area contributed by atoms with Crippen LogP contribution in [0, 0.1) is 20.8 Å². The molecule has 2 rings (SSSR count). The Hall–Kier alpha value is -2.24. The topological polar surface area (TPSA) is 65.5 Å². The molecule has 5 heteroatoms. The maximum atomic E-state index is 12.4. The number of amides is 1. The van der Waals surface area contributed by atoms with E-state index in [1.54, 1.807) is 12.4 Å². The molecular formula is C19H25N3O2. The summed E-state index contributed by atoms with van der Waals surface area (Å²) in [7, 11) is 0. The lowest BCUT2D eigenvalue weighted by Gasteiger charge is -2.21. The van der Waals surface area contributed by atoms with E-state index in [4.69, 9.17) is 0 Å². The van der Waals surface area contributed by atoms with Crippen molar-refractivity contribution in [2.45, 2.75) is 27.3 Å². The van der Waals surface area contributed by atoms with Crippen LogP contribution in [0.2, 0.25) is 0 Å². The minimum absolute atomic E-state index is 0.0100. The molecule has 2 N–H and O–H groups in total. The van der Waals surface area contributed by atoms with Gasteiger partial charge in [0.1, 0.15) is 0 Å². The normalized spacial score (nSPS) is 10.9. The first-order chi connectivity index (χ1) is 11.5. The van der Waals surface area contributed by atoms with E-state index in [-0.39, 0.29) is 19.1 Å². The second kappa shape index (κ2) is 8.57. The van der Waals surface area contributed by atoms with Gasteiger partial charge < -0.3 is 10.4 Å². The van der Waals surface area contributed by atoms with Gasteiger partial charge in [0, 0.05) is 31.2 Å². The Morgan fingerprint density at radius 1 is 1.25 bits per heavy atom. The first-order valence-electron chi connectivity index (χ1n) is 8.09. The first kappa shape index (κ1) is 18.1. The highest BCUT2D eigenvalue weighted by Gasteiger charge is 2.13. The van der Waals surface area contributed by atoms with Gasteiger partial charge in [0.15, 0.2) is 0 Å². The van der Waals surface area contributed by atoms with Gasteiger partial charge in [0.2, 0.25) is 5.91 Å². The first-order valence-corrected chi connectivity index (χ1v) is 8.09. The predicted octanol–water partition coefficient (Wildman–Crippen LogP) is 2.44. The summed E-state index contributed by atoms with van der Waals surface area (Å²) in [6.45, 7) is 7.29. The van der Waals surface area contributed by atoms with Gasteiger partial charge in [-0.25, -0.2) is 0 Å². The average Bonchev–Trinajstić information content (AvgIpc) is 2.52. The molecule has 0 atom stereocenters. The zero-order valence-corrected chi connectivity index (χ0v) is 14.5. The summed E-state index contributed by atoms with van der Waals surface area (Å²) in [6.07, 6.45) is 3.49.